The first-order chi connectivity index (χ1) is 7.40. The fourth-order valence-corrected chi connectivity index (χ4v) is 1.80. The molecule has 0 saturated carbocycles. The van der Waals surface area contributed by atoms with E-state index < -0.39 is 25.2 Å². The first-order valence-electron chi connectivity index (χ1n) is 5.17. The maximum Gasteiger partial charge on any atom is 0.407 e. The largest absolute Gasteiger partial charge is 0.465 e. The third kappa shape index (κ3) is 4.26. The van der Waals surface area contributed by atoms with Crippen LogP contribution in [0.3, 0.4) is 0 Å². The molecule has 1 aliphatic rings. The van der Waals surface area contributed by atoms with Crippen molar-refractivity contribution in [1.29, 1.82) is 0 Å². The van der Waals surface area contributed by atoms with Crippen LogP contribution in [0, 0.1) is 0 Å². The minimum atomic E-state index is -4.30. The van der Waals surface area contributed by atoms with Gasteiger partial charge in [-0.15, -0.1) is 0 Å². The van der Waals surface area contributed by atoms with Crippen molar-refractivity contribution in [2.75, 3.05) is 19.6 Å². The number of carbonyl (C=O) groups is 1. The van der Waals surface area contributed by atoms with Crippen molar-refractivity contribution < 1.29 is 23.1 Å². The molecule has 1 saturated heterocycles. The molecule has 1 rings (SSSR count). The Morgan fingerprint density at radius 1 is 1.38 bits per heavy atom. The quantitative estimate of drug-likeness (QED) is 0.789. The van der Waals surface area contributed by atoms with Crippen molar-refractivity contribution in [3.63, 3.8) is 0 Å². The first-order valence-corrected chi connectivity index (χ1v) is 5.17. The van der Waals surface area contributed by atoms with E-state index in [0.717, 1.165) is 4.90 Å². The minimum absolute atomic E-state index is 0.291. The van der Waals surface area contributed by atoms with E-state index in [4.69, 9.17) is 5.11 Å². The number of nitrogens with one attached hydrogen (secondary N) is 1. The van der Waals surface area contributed by atoms with Crippen molar-refractivity contribution in [3.8, 4) is 0 Å². The lowest BCUT2D eigenvalue weighted by Crippen LogP contribution is -2.46. The predicted octanol–water partition coefficient (Wildman–Crippen LogP) is 1.67. The molecule has 1 fully saturated rings. The van der Waals surface area contributed by atoms with E-state index in [-0.39, 0.29) is 6.04 Å². The Balaban J connectivity index is 2.49. The molecule has 0 aromatic rings. The van der Waals surface area contributed by atoms with E-state index in [2.05, 4.69) is 5.32 Å². The highest BCUT2D eigenvalue weighted by Crippen LogP contribution is 2.22. The van der Waals surface area contributed by atoms with Crippen LogP contribution < -0.4 is 5.32 Å². The summed E-state index contributed by atoms with van der Waals surface area (Å²) in [4.78, 5) is 11.8. The molecule has 16 heavy (non-hydrogen) atoms. The SMILES string of the molecule is O=C(O)N(CCC(F)(F)F)C1CCNCC1. The summed E-state index contributed by atoms with van der Waals surface area (Å²) < 4.78 is 36.0. The van der Waals surface area contributed by atoms with Crippen LogP contribution in [0.5, 0.6) is 0 Å². The summed E-state index contributed by atoms with van der Waals surface area (Å²) >= 11 is 0. The van der Waals surface area contributed by atoms with Crippen molar-refractivity contribution in [2.24, 2.45) is 0 Å². The van der Waals surface area contributed by atoms with Crippen LogP contribution in [0.4, 0.5) is 18.0 Å². The molecule has 94 valence electrons. The Morgan fingerprint density at radius 3 is 2.38 bits per heavy atom. The number of carboxylic acid groups (broad SMARTS) is 1. The highest BCUT2D eigenvalue weighted by atomic mass is 19.4. The molecule has 1 aliphatic heterocycles. The predicted molar refractivity (Wildman–Crippen MR) is 51.3 cm³/mol. The molecule has 0 aliphatic carbocycles. The van der Waals surface area contributed by atoms with Crippen LogP contribution in [0.1, 0.15) is 19.3 Å². The monoisotopic (exact) mass is 240 g/mol. The fraction of sp³-hybridized carbons (Fsp3) is 0.889. The number of piperidine rings is 1. The molecule has 0 spiro atoms. The lowest BCUT2D eigenvalue weighted by molar-refractivity contribution is -0.138. The van der Waals surface area contributed by atoms with E-state index in [1.807, 2.05) is 0 Å². The van der Waals surface area contributed by atoms with Gasteiger partial charge in [0.1, 0.15) is 0 Å². The number of alkyl halides is 3. The summed E-state index contributed by atoms with van der Waals surface area (Å²) in [5.41, 5.74) is 0. The number of hydrogen-bond donors (Lipinski definition) is 2. The summed E-state index contributed by atoms with van der Waals surface area (Å²) in [5, 5.41) is 11.9. The van der Waals surface area contributed by atoms with Gasteiger partial charge in [-0.1, -0.05) is 0 Å². The first kappa shape index (κ1) is 13.1. The number of hydrogen-bond acceptors (Lipinski definition) is 2. The Morgan fingerprint density at radius 2 is 1.94 bits per heavy atom. The third-order valence-electron chi connectivity index (χ3n) is 2.63. The number of amides is 1. The highest BCUT2D eigenvalue weighted by Gasteiger charge is 2.32. The number of halogens is 3. The molecule has 0 atom stereocenters. The summed E-state index contributed by atoms with van der Waals surface area (Å²) in [6.45, 7) is 0.838. The second-order valence-corrected chi connectivity index (χ2v) is 3.82. The lowest BCUT2D eigenvalue weighted by atomic mass is 10.1. The molecular weight excluding hydrogens is 225 g/mol. The molecule has 0 radical (unpaired) electrons. The molecular formula is C9H15F3N2O2. The average Bonchev–Trinajstić information content (AvgIpc) is 2.17. The van der Waals surface area contributed by atoms with Gasteiger partial charge in [0.2, 0.25) is 0 Å². The Labute approximate surface area is 91.4 Å². The number of nitrogens with zero attached hydrogens (tertiary/aromatic N) is 1. The standard InChI is InChI=1S/C9H15F3N2O2/c10-9(11,12)3-6-14(8(15)16)7-1-4-13-5-2-7/h7,13H,1-6H2,(H,15,16). The van der Waals surface area contributed by atoms with Crippen LogP contribution in [-0.4, -0.2) is 48.0 Å². The zero-order valence-corrected chi connectivity index (χ0v) is 8.76. The molecule has 4 nitrogen and oxygen atoms in total. The normalized spacial score (nSPS) is 18.4. The van der Waals surface area contributed by atoms with E-state index in [0.29, 0.717) is 25.9 Å². The summed E-state index contributed by atoms with van der Waals surface area (Å²) in [6.07, 6.45) is -5.51. The highest BCUT2D eigenvalue weighted by molar-refractivity contribution is 5.65. The van der Waals surface area contributed by atoms with Crippen molar-refractivity contribution >= 4 is 6.09 Å². The van der Waals surface area contributed by atoms with Gasteiger partial charge in [-0.05, 0) is 25.9 Å². The minimum Gasteiger partial charge on any atom is -0.465 e. The van der Waals surface area contributed by atoms with Gasteiger partial charge in [0.05, 0.1) is 6.42 Å². The van der Waals surface area contributed by atoms with Crippen molar-refractivity contribution in [1.82, 2.24) is 10.2 Å². The molecule has 0 bridgehead atoms. The van der Waals surface area contributed by atoms with E-state index in [1.54, 1.807) is 0 Å². The summed E-state index contributed by atoms with van der Waals surface area (Å²) in [6, 6.07) is -0.291. The molecule has 1 heterocycles. The Kier molecular flexibility index (Phi) is 4.40. The van der Waals surface area contributed by atoms with Crippen LogP contribution in [0.15, 0.2) is 0 Å². The molecule has 2 N–H and O–H groups in total. The maximum absolute atomic E-state index is 12.0. The fourth-order valence-electron chi connectivity index (χ4n) is 1.80. The van der Waals surface area contributed by atoms with Crippen LogP contribution in [-0.2, 0) is 0 Å². The lowest BCUT2D eigenvalue weighted by Gasteiger charge is -2.32. The zero-order valence-electron chi connectivity index (χ0n) is 8.76. The summed E-state index contributed by atoms with van der Waals surface area (Å²) in [5.74, 6) is 0. The zero-order chi connectivity index (χ0) is 12.2. The van der Waals surface area contributed by atoms with Gasteiger partial charge < -0.3 is 15.3 Å². The van der Waals surface area contributed by atoms with Crippen molar-refractivity contribution in [3.05, 3.63) is 0 Å². The van der Waals surface area contributed by atoms with Crippen molar-refractivity contribution in [2.45, 2.75) is 31.5 Å². The van der Waals surface area contributed by atoms with Gasteiger partial charge in [0, 0.05) is 12.6 Å². The van der Waals surface area contributed by atoms with Crippen LogP contribution >= 0.6 is 0 Å². The molecule has 7 heteroatoms. The summed E-state index contributed by atoms with van der Waals surface area (Å²) in [7, 11) is 0. The molecule has 0 aromatic heterocycles. The van der Waals surface area contributed by atoms with Crippen LogP contribution in [0.2, 0.25) is 0 Å². The van der Waals surface area contributed by atoms with E-state index in [1.165, 1.54) is 0 Å². The Hall–Kier alpha value is -0.980. The molecule has 0 aromatic carbocycles. The van der Waals surface area contributed by atoms with Gasteiger partial charge in [-0.3, -0.25) is 0 Å². The average molecular weight is 240 g/mol. The molecule has 0 unspecified atom stereocenters. The Bertz CT molecular complexity index is 239. The van der Waals surface area contributed by atoms with Gasteiger partial charge in [-0.25, -0.2) is 4.79 Å². The van der Waals surface area contributed by atoms with Gasteiger partial charge in [-0.2, -0.15) is 13.2 Å². The second kappa shape index (κ2) is 5.38. The topological polar surface area (TPSA) is 52.6 Å². The van der Waals surface area contributed by atoms with Gasteiger partial charge in [0.15, 0.2) is 0 Å². The van der Waals surface area contributed by atoms with E-state index in [9.17, 15) is 18.0 Å². The maximum atomic E-state index is 12.0. The molecule has 1 amide bonds. The smallest absolute Gasteiger partial charge is 0.407 e. The van der Waals surface area contributed by atoms with Gasteiger partial charge >= 0.3 is 12.3 Å². The van der Waals surface area contributed by atoms with Crippen LogP contribution in [0.25, 0.3) is 0 Å². The second-order valence-electron chi connectivity index (χ2n) is 3.82. The number of rotatable bonds is 3. The third-order valence-corrected chi connectivity index (χ3v) is 2.63. The van der Waals surface area contributed by atoms with E-state index >= 15 is 0 Å². The van der Waals surface area contributed by atoms with Gasteiger partial charge in [0.25, 0.3) is 0 Å².